The van der Waals surface area contributed by atoms with Crippen molar-refractivity contribution < 1.29 is 0 Å². The van der Waals surface area contributed by atoms with Crippen LogP contribution in [-0.2, 0) is 0 Å². The number of hydrogen-bond acceptors (Lipinski definition) is 2. The summed E-state index contributed by atoms with van der Waals surface area (Å²) >= 11 is 1.81. The van der Waals surface area contributed by atoms with Gasteiger partial charge in [-0.2, -0.15) is 0 Å². The Labute approximate surface area is 60.3 Å². The van der Waals surface area contributed by atoms with Crippen molar-refractivity contribution in [3.63, 3.8) is 0 Å². The van der Waals surface area contributed by atoms with Gasteiger partial charge in [-0.25, -0.2) is 0 Å². The third-order valence-corrected chi connectivity index (χ3v) is 2.41. The van der Waals surface area contributed by atoms with E-state index in [0.717, 1.165) is 5.04 Å². The average Bonchev–Trinajstić information content (AvgIpc) is 2.10. The molecular weight excluding hydrogens is 130 g/mol. The lowest BCUT2D eigenvalue weighted by Gasteiger charge is -2.11. The lowest BCUT2D eigenvalue weighted by atomic mass is 10.2. The van der Waals surface area contributed by atoms with E-state index in [0.29, 0.717) is 0 Å². The summed E-state index contributed by atoms with van der Waals surface area (Å²) < 4.78 is 0.273. The maximum Gasteiger partial charge on any atom is 0.0906 e. The highest BCUT2D eigenvalue weighted by Gasteiger charge is 2.21. The molecule has 0 spiro atoms. The van der Waals surface area contributed by atoms with Gasteiger partial charge >= 0.3 is 0 Å². The quantitative estimate of drug-likeness (QED) is 0.503. The molecule has 0 saturated carbocycles. The van der Waals surface area contributed by atoms with Crippen LogP contribution >= 0.6 is 11.8 Å². The first-order valence-corrected chi connectivity index (χ1v) is 3.81. The van der Waals surface area contributed by atoms with E-state index >= 15 is 0 Å². The molecule has 0 aromatic heterocycles. The van der Waals surface area contributed by atoms with Crippen LogP contribution < -0.4 is 0 Å². The predicted octanol–water partition coefficient (Wildman–Crippen LogP) is 2.10. The van der Waals surface area contributed by atoms with Gasteiger partial charge in [0.1, 0.15) is 0 Å². The van der Waals surface area contributed by atoms with E-state index in [1.807, 2.05) is 7.05 Å². The maximum atomic E-state index is 4.08. The van der Waals surface area contributed by atoms with Gasteiger partial charge in [-0.3, -0.25) is 4.99 Å². The van der Waals surface area contributed by atoms with Crippen LogP contribution in [0.1, 0.15) is 13.8 Å². The first-order chi connectivity index (χ1) is 4.14. The van der Waals surface area contributed by atoms with Gasteiger partial charge in [0.15, 0.2) is 0 Å². The third-order valence-electron chi connectivity index (χ3n) is 1.22. The summed E-state index contributed by atoms with van der Waals surface area (Å²) in [6.07, 6.45) is 4.25. The van der Waals surface area contributed by atoms with Crippen molar-refractivity contribution in [2.75, 3.05) is 7.05 Å². The molecule has 2 heteroatoms. The molecule has 1 nitrogen and oxygen atoms in total. The molecular formula is C7H11NS. The largest absolute Gasteiger partial charge is 0.282 e. The fourth-order valence-corrected chi connectivity index (χ4v) is 1.63. The Balaban J connectivity index is 2.71. The summed E-state index contributed by atoms with van der Waals surface area (Å²) in [5.74, 6) is 0. The van der Waals surface area contributed by atoms with E-state index in [4.69, 9.17) is 0 Å². The van der Waals surface area contributed by atoms with Gasteiger partial charge in [-0.15, -0.1) is 0 Å². The Morgan fingerprint density at radius 2 is 2.22 bits per heavy atom. The summed E-state index contributed by atoms with van der Waals surface area (Å²) in [5, 5.41) is 1.14. The molecule has 1 rings (SSSR count). The monoisotopic (exact) mass is 141 g/mol. The summed E-state index contributed by atoms with van der Waals surface area (Å²) in [4.78, 5) is 4.08. The predicted molar refractivity (Wildman–Crippen MR) is 44.2 cm³/mol. The number of hydrogen-bond donors (Lipinski definition) is 0. The van der Waals surface area contributed by atoms with E-state index in [-0.39, 0.29) is 4.75 Å². The first-order valence-electron chi connectivity index (χ1n) is 2.99. The molecule has 0 unspecified atom stereocenters. The second kappa shape index (κ2) is 2.18. The van der Waals surface area contributed by atoms with Crippen LogP contribution in [0.5, 0.6) is 0 Å². The molecule has 1 heterocycles. The summed E-state index contributed by atoms with van der Waals surface area (Å²) in [5.41, 5.74) is 0. The van der Waals surface area contributed by atoms with Crippen molar-refractivity contribution in [3.8, 4) is 0 Å². The van der Waals surface area contributed by atoms with E-state index in [9.17, 15) is 0 Å². The van der Waals surface area contributed by atoms with Crippen LogP contribution in [0, 0.1) is 0 Å². The van der Waals surface area contributed by atoms with E-state index < -0.39 is 0 Å². The SMILES string of the molecule is CN=C1C=CC(C)(C)S1. The Morgan fingerprint density at radius 1 is 1.56 bits per heavy atom. The Hall–Kier alpha value is -0.240. The van der Waals surface area contributed by atoms with Crippen LogP contribution in [0.2, 0.25) is 0 Å². The van der Waals surface area contributed by atoms with Gasteiger partial charge in [0.05, 0.1) is 5.04 Å². The zero-order valence-electron chi connectivity index (χ0n) is 6.01. The lowest BCUT2D eigenvalue weighted by molar-refractivity contribution is 0.911. The number of aliphatic imine (C=N–C) groups is 1. The van der Waals surface area contributed by atoms with Crippen LogP contribution in [0.4, 0.5) is 0 Å². The smallest absolute Gasteiger partial charge is 0.0906 e. The molecule has 1 aliphatic heterocycles. The highest BCUT2D eigenvalue weighted by molar-refractivity contribution is 8.16. The van der Waals surface area contributed by atoms with Gasteiger partial charge in [0.25, 0.3) is 0 Å². The number of thioether (sulfide) groups is 1. The maximum absolute atomic E-state index is 4.08. The average molecular weight is 141 g/mol. The fraction of sp³-hybridized carbons (Fsp3) is 0.571. The fourth-order valence-electron chi connectivity index (χ4n) is 0.730. The number of nitrogens with zero attached hydrogens (tertiary/aromatic N) is 1. The van der Waals surface area contributed by atoms with E-state index in [2.05, 4.69) is 31.0 Å². The highest BCUT2D eigenvalue weighted by atomic mass is 32.2. The van der Waals surface area contributed by atoms with Crippen LogP contribution in [0.25, 0.3) is 0 Å². The molecule has 0 aromatic rings. The molecule has 1 aliphatic rings. The van der Waals surface area contributed by atoms with Gasteiger partial charge < -0.3 is 0 Å². The molecule has 0 saturated heterocycles. The van der Waals surface area contributed by atoms with Gasteiger partial charge in [-0.05, 0) is 19.9 Å². The summed E-state index contributed by atoms with van der Waals surface area (Å²) in [6, 6.07) is 0. The molecule has 0 amide bonds. The molecule has 0 aromatic carbocycles. The van der Waals surface area contributed by atoms with Crippen LogP contribution in [-0.4, -0.2) is 16.8 Å². The van der Waals surface area contributed by atoms with Crippen molar-refractivity contribution in [3.05, 3.63) is 12.2 Å². The second-order valence-electron chi connectivity index (χ2n) is 2.60. The zero-order chi connectivity index (χ0) is 6.91. The first kappa shape index (κ1) is 6.87. The van der Waals surface area contributed by atoms with Crippen molar-refractivity contribution >= 4 is 16.8 Å². The molecule has 0 radical (unpaired) electrons. The molecule has 0 fully saturated rings. The van der Waals surface area contributed by atoms with Crippen molar-refractivity contribution in [1.82, 2.24) is 0 Å². The second-order valence-corrected chi connectivity index (χ2v) is 4.28. The normalized spacial score (nSPS) is 27.7. The minimum atomic E-state index is 0.273. The summed E-state index contributed by atoms with van der Waals surface area (Å²) in [6.45, 7) is 4.37. The Morgan fingerprint density at radius 3 is 2.44 bits per heavy atom. The molecule has 0 atom stereocenters. The van der Waals surface area contributed by atoms with Crippen molar-refractivity contribution in [1.29, 1.82) is 0 Å². The van der Waals surface area contributed by atoms with Crippen LogP contribution in [0.15, 0.2) is 17.1 Å². The molecule has 50 valence electrons. The third kappa shape index (κ3) is 1.58. The van der Waals surface area contributed by atoms with Gasteiger partial charge in [0, 0.05) is 11.8 Å². The number of rotatable bonds is 0. The van der Waals surface area contributed by atoms with Crippen molar-refractivity contribution in [2.24, 2.45) is 4.99 Å². The van der Waals surface area contributed by atoms with Gasteiger partial charge in [0.2, 0.25) is 0 Å². The van der Waals surface area contributed by atoms with E-state index in [1.165, 1.54) is 0 Å². The molecule has 0 N–H and O–H groups in total. The van der Waals surface area contributed by atoms with E-state index in [1.54, 1.807) is 11.8 Å². The van der Waals surface area contributed by atoms with Crippen molar-refractivity contribution in [2.45, 2.75) is 18.6 Å². The lowest BCUT2D eigenvalue weighted by Crippen LogP contribution is -2.06. The minimum absolute atomic E-state index is 0.273. The zero-order valence-corrected chi connectivity index (χ0v) is 6.83. The van der Waals surface area contributed by atoms with Gasteiger partial charge in [-0.1, -0.05) is 17.8 Å². The topological polar surface area (TPSA) is 12.4 Å². The minimum Gasteiger partial charge on any atom is -0.282 e. The molecule has 0 bridgehead atoms. The summed E-state index contributed by atoms with van der Waals surface area (Å²) in [7, 11) is 1.83. The molecule has 0 aliphatic carbocycles. The highest BCUT2D eigenvalue weighted by Crippen LogP contribution is 2.32. The Bertz CT molecular complexity index is 168. The molecule has 9 heavy (non-hydrogen) atoms. The standard InChI is InChI=1S/C7H11NS/c1-7(2)5-4-6(8-3)9-7/h4-5H,1-3H3. The Kier molecular flexibility index (Phi) is 1.66. The van der Waals surface area contributed by atoms with Crippen LogP contribution in [0.3, 0.4) is 0 Å².